The highest BCUT2D eigenvalue weighted by Gasteiger charge is 2.19. The summed E-state index contributed by atoms with van der Waals surface area (Å²) in [6.07, 6.45) is 6.71. The van der Waals surface area contributed by atoms with E-state index in [1.807, 2.05) is 0 Å². The van der Waals surface area contributed by atoms with Crippen molar-refractivity contribution in [2.75, 3.05) is 25.1 Å². The molecule has 1 saturated carbocycles. The van der Waals surface area contributed by atoms with E-state index in [4.69, 9.17) is 11.6 Å². The highest BCUT2D eigenvalue weighted by Crippen LogP contribution is 2.27. The van der Waals surface area contributed by atoms with Crippen LogP contribution in [0.3, 0.4) is 0 Å². The number of hydrogen-bond donors (Lipinski definition) is 1. The molecule has 1 rings (SSSR count). The summed E-state index contributed by atoms with van der Waals surface area (Å²) >= 11 is 6.10. The Kier molecular flexibility index (Phi) is 6.08. The molecule has 0 saturated heterocycles. The molecule has 0 aliphatic heterocycles. The third-order valence-electron chi connectivity index (χ3n) is 3.02. The Balaban J connectivity index is 2.02. The predicted octanol–water partition coefficient (Wildman–Crippen LogP) is 1.81. The quantitative estimate of drug-likeness (QED) is 0.590. The Labute approximate surface area is 104 Å². The molecule has 0 radical (unpaired) electrons. The van der Waals surface area contributed by atoms with Gasteiger partial charge in [0.25, 0.3) is 0 Å². The fraction of sp³-hybridized carbons (Fsp3) is 1.00. The first kappa shape index (κ1) is 14.3. The molecule has 5 heteroatoms. The van der Waals surface area contributed by atoms with Crippen molar-refractivity contribution in [2.45, 2.75) is 37.5 Å². The zero-order chi connectivity index (χ0) is 12.0. The normalized spacial score (nSPS) is 26.9. The van der Waals surface area contributed by atoms with Crippen LogP contribution in [0.25, 0.3) is 0 Å². The lowest BCUT2D eigenvalue weighted by Gasteiger charge is -2.25. The highest BCUT2D eigenvalue weighted by atomic mass is 35.5. The molecule has 0 bridgehead atoms. The van der Waals surface area contributed by atoms with Crippen molar-refractivity contribution < 1.29 is 8.42 Å². The lowest BCUT2D eigenvalue weighted by atomic mass is 9.89. The van der Waals surface area contributed by atoms with Crippen LogP contribution in [0.2, 0.25) is 0 Å². The lowest BCUT2D eigenvalue weighted by Crippen LogP contribution is -2.28. The number of halogens is 1. The topological polar surface area (TPSA) is 46.2 Å². The van der Waals surface area contributed by atoms with Gasteiger partial charge in [-0.05, 0) is 44.7 Å². The summed E-state index contributed by atoms with van der Waals surface area (Å²) in [7, 11) is -2.80. The molecule has 0 aromatic carbocycles. The van der Waals surface area contributed by atoms with E-state index < -0.39 is 9.84 Å². The fourth-order valence-electron chi connectivity index (χ4n) is 2.18. The van der Waals surface area contributed by atoms with Gasteiger partial charge >= 0.3 is 0 Å². The van der Waals surface area contributed by atoms with E-state index in [1.54, 1.807) is 0 Å². The Hall–Kier alpha value is 0.200. The van der Waals surface area contributed by atoms with Gasteiger partial charge in [0.05, 0.1) is 5.75 Å². The maximum Gasteiger partial charge on any atom is 0.147 e. The summed E-state index contributed by atoms with van der Waals surface area (Å²) in [6, 6.07) is 0. The second kappa shape index (κ2) is 6.82. The van der Waals surface area contributed by atoms with Crippen LogP contribution in [-0.4, -0.2) is 38.9 Å². The summed E-state index contributed by atoms with van der Waals surface area (Å²) in [5.41, 5.74) is 0. The molecule has 1 N–H and O–H groups in total. The first-order valence-electron chi connectivity index (χ1n) is 6.00. The van der Waals surface area contributed by atoms with E-state index in [2.05, 4.69) is 5.32 Å². The average Bonchev–Trinajstić information content (AvgIpc) is 2.15. The van der Waals surface area contributed by atoms with Crippen molar-refractivity contribution in [2.24, 2.45) is 5.92 Å². The van der Waals surface area contributed by atoms with Gasteiger partial charge in [0.1, 0.15) is 9.84 Å². The Morgan fingerprint density at radius 1 is 1.38 bits per heavy atom. The summed E-state index contributed by atoms with van der Waals surface area (Å²) in [4.78, 5) is 0. The van der Waals surface area contributed by atoms with Crippen molar-refractivity contribution in [1.82, 2.24) is 5.32 Å². The summed E-state index contributed by atoms with van der Waals surface area (Å²) in [6.45, 7) is 1.77. The standard InChI is InChI=1S/C11H22ClNO2S/c1-16(14,15)7-3-6-13-9-10-4-2-5-11(12)8-10/h10-11,13H,2-9H2,1H3. The molecular formula is C11H22ClNO2S. The molecule has 96 valence electrons. The molecule has 1 fully saturated rings. The second-order valence-electron chi connectivity index (χ2n) is 4.82. The SMILES string of the molecule is CS(=O)(=O)CCCNCC1CCCC(Cl)C1. The van der Waals surface area contributed by atoms with Crippen LogP contribution in [-0.2, 0) is 9.84 Å². The van der Waals surface area contributed by atoms with Crippen LogP contribution in [0.15, 0.2) is 0 Å². The minimum absolute atomic E-state index is 0.281. The van der Waals surface area contributed by atoms with Crippen molar-refractivity contribution >= 4 is 21.4 Å². The van der Waals surface area contributed by atoms with Crippen molar-refractivity contribution in [3.05, 3.63) is 0 Å². The van der Waals surface area contributed by atoms with Crippen LogP contribution < -0.4 is 5.32 Å². The molecule has 2 atom stereocenters. The van der Waals surface area contributed by atoms with E-state index in [1.165, 1.54) is 19.1 Å². The second-order valence-corrected chi connectivity index (χ2v) is 7.69. The third kappa shape index (κ3) is 6.71. The molecule has 16 heavy (non-hydrogen) atoms. The largest absolute Gasteiger partial charge is 0.316 e. The number of hydrogen-bond acceptors (Lipinski definition) is 3. The average molecular weight is 268 g/mol. The van der Waals surface area contributed by atoms with Crippen molar-refractivity contribution in [3.8, 4) is 0 Å². The fourth-order valence-corrected chi connectivity index (χ4v) is 3.25. The van der Waals surface area contributed by atoms with E-state index in [-0.39, 0.29) is 5.75 Å². The molecule has 1 aliphatic carbocycles. The van der Waals surface area contributed by atoms with E-state index in [0.717, 1.165) is 25.9 Å². The monoisotopic (exact) mass is 267 g/mol. The van der Waals surface area contributed by atoms with Gasteiger partial charge in [-0.1, -0.05) is 6.42 Å². The van der Waals surface area contributed by atoms with E-state index in [9.17, 15) is 8.42 Å². The molecule has 0 spiro atoms. The minimum atomic E-state index is -2.80. The van der Waals surface area contributed by atoms with Crippen molar-refractivity contribution in [1.29, 1.82) is 0 Å². The molecule has 1 aliphatic rings. The molecule has 3 nitrogen and oxygen atoms in total. The smallest absolute Gasteiger partial charge is 0.147 e. The number of sulfone groups is 1. The van der Waals surface area contributed by atoms with Gasteiger partial charge in [-0.2, -0.15) is 0 Å². The molecule has 0 heterocycles. The van der Waals surface area contributed by atoms with Crippen molar-refractivity contribution in [3.63, 3.8) is 0 Å². The minimum Gasteiger partial charge on any atom is -0.316 e. The van der Waals surface area contributed by atoms with Crippen LogP contribution in [0.5, 0.6) is 0 Å². The van der Waals surface area contributed by atoms with Gasteiger partial charge < -0.3 is 5.32 Å². The van der Waals surface area contributed by atoms with E-state index in [0.29, 0.717) is 17.7 Å². The maximum atomic E-state index is 10.9. The Morgan fingerprint density at radius 2 is 2.12 bits per heavy atom. The van der Waals surface area contributed by atoms with Crippen LogP contribution in [0.1, 0.15) is 32.1 Å². The third-order valence-corrected chi connectivity index (χ3v) is 4.45. The van der Waals surface area contributed by atoms with Gasteiger partial charge in [-0.25, -0.2) is 8.42 Å². The maximum absolute atomic E-state index is 10.9. The van der Waals surface area contributed by atoms with Crippen LogP contribution in [0, 0.1) is 5.92 Å². The number of rotatable bonds is 6. The molecular weight excluding hydrogens is 246 g/mol. The molecule has 0 aromatic heterocycles. The highest BCUT2D eigenvalue weighted by molar-refractivity contribution is 7.90. The zero-order valence-electron chi connectivity index (χ0n) is 9.91. The van der Waals surface area contributed by atoms with Gasteiger partial charge in [0, 0.05) is 11.6 Å². The molecule has 2 unspecified atom stereocenters. The Morgan fingerprint density at radius 3 is 2.75 bits per heavy atom. The first-order chi connectivity index (χ1) is 7.47. The molecule has 0 amide bonds. The summed E-state index contributed by atoms with van der Waals surface area (Å²) < 4.78 is 21.8. The van der Waals surface area contributed by atoms with Gasteiger partial charge in [-0.3, -0.25) is 0 Å². The van der Waals surface area contributed by atoms with Gasteiger partial charge in [-0.15, -0.1) is 11.6 Å². The van der Waals surface area contributed by atoms with Gasteiger partial charge in [0.2, 0.25) is 0 Å². The summed E-state index contributed by atoms with van der Waals surface area (Å²) in [5.74, 6) is 0.956. The Bertz CT molecular complexity index is 292. The number of nitrogens with one attached hydrogen (secondary N) is 1. The van der Waals surface area contributed by atoms with Crippen LogP contribution >= 0.6 is 11.6 Å². The van der Waals surface area contributed by atoms with E-state index >= 15 is 0 Å². The number of alkyl halides is 1. The predicted molar refractivity (Wildman–Crippen MR) is 68.8 cm³/mol. The van der Waals surface area contributed by atoms with Gasteiger partial charge in [0.15, 0.2) is 0 Å². The summed E-state index contributed by atoms with van der Waals surface area (Å²) in [5, 5.41) is 3.67. The lowest BCUT2D eigenvalue weighted by molar-refractivity contribution is 0.347. The van der Waals surface area contributed by atoms with Crippen LogP contribution in [0.4, 0.5) is 0 Å². The first-order valence-corrected chi connectivity index (χ1v) is 8.49. The molecule has 0 aromatic rings. The zero-order valence-corrected chi connectivity index (χ0v) is 11.5.